The van der Waals surface area contributed by atoms with Crippen molar-refractivity contribution in [3.05, 3.63) is 0 Å². The summed E-state index contributed by atoms with van der Waals surface area (Å²) >= 11 is 0. The predicted molar refractivity (Wildman–Crippen MR) is 70.2 cm³/mol. The van der Waals surface area contributed by atoms with Gasteiger partial charge in [0.25, 0.3) is 0 Å². The zero-order valence-electron chi connectivity index (χ0n) is 11.5. The Kier molecular flexibility index (Phi) is 9.18. The minimum Gasteiger partial charge on any atom is -0.314 e. The van der Waals surface area contributed by atoms with Gasteiger partial charge in [-0.3, -0.25) is 0 Å². The van der Waals surface area contributed by atoms with Gasteiger partial charge in [0.1, 0.15) is 0 Å². The summed E-state index contributed by atoms with van der Waals surface area (Å²) in [6.07, 6.45) is 6.54. The summed E-state index contributed by atoms with van der Waals surface area (Å²) in [7, 11) is 0. The largest absolute Gasteiger partial charge is 0.314 e. The second-order valence-corrected chi connectivity index (χ2v) is 4.95. The summed E-state index contributed by atoms with van der Waals surface area (Å²) in [4.78, 5) is 0. The van der Waals surface area contributed by atoms with Crippen molar-refractivity contribution in [2.45, 2.75) is 72.8 Å². The Hall–Kier alpha value is -0.0400. The molecule has 0 fully saturated rings. The molecule has 0 heterocycles. The van der Waals surface area contributed by atoms with E-state index in [0.717, 1.165) is 17.9 Å². The molecule has 2 atom stereocenters. The molecule has 0 radical (unpaired) electrons. The molecule has 92 valence electrons. The summed E-state index contributed by atoms with van der Waals surface area (Å²) in [6, 6.07) is 0.737. The smallest absolute Gasteiger partial charge is 0.00670 e. The van der Waals surface area contributed by atoms with Crippen molar-refractivity contribution in [3.8, 4) is 0 Å². The van der Waals surface area contributed by atoms with Crippen molar-refractivity contribution in [2.24, 2.45) is 11.8 Å². The zero-order chi connectivity index (χ0) is 11.7. The molecule has 0 aromatic carbocycles. The van der Waals surface area contributed by atoms with E-state index in [0.29, 0.717) is 0 Å². The third-order valence-corrected chi connectivity index (χ3v) is 3.73. The average Bonchev–Trinajstić information content (AvgIpc) is 2.28. The van der Waals surface area contributed by atoms with Gasteiger partial charge < -0.3 is 5.32 Å². The van der Waals surface area contributed by atoms with Gasteiger partial charge in [0.2, 0.25) is 0 Å². The number of rotatable bonds is 9. The van der Waals surface area contributed by atoms with E-state index in [2.05, 4.69) is 39.9 Å². The molecule has 0 amide bonds. The average molecular weight is 213 g/mol. The molecule has 0 aliphatic rings. The Balaban J connectivity index is 3.78. The molecular formula is C14H31N. The van der Waals surface area contributed by atoms with Crippen LogP contribution in [0.1, 0.15) is 66.7 Å². The summed E-state index contributed by atoms with van der Waals surface area (Å²) in [6.45, 7) is 12.8. The second kappa shape index (κ2) is 9.21. The lowest BCUT2D eigenvalue weighted by Crippen LogP contribution is -2.34. The monoisotopic (exact) mass is 213 g/mol. The van der Waals surface area contributed by atoms with Crippen LogP contribution in [0.2, 0.25) is 0 Å². The highest BCUT2D eigenvalue weighted by molar-refractivity contribution is 4.70. The molecule has 0 saturated carbocycles. The van der Waals surface area contributed by atoms with E-state index in [4.69, 9.17) is 0 Å². The standard InChI is InChI=1S/C14H31N/c1-6-12(5)10-14(9-4)15-11-13(7-2)8-3/h12-15H,6-11H2,1-5H3. The van der Waals surface area contributed by atoms with Crippen LogP contribution < -0.4 is 5.32 Å². The van der Waals surface area contributed by atoms with Crippen LogP contribution in [0.4, 0.5) is 0 Å². The van der Waals surface area contributed by atoms with Gasteiger partial charge in [-0.1, -0.05) is 53.9 Å². The first-order chi connectivity index (χ1) is 7.17. The van der Waals surface area contributed by atoms with Crippen LogP contribution in [0.15, 0.2) is 0 Å². The number of hydrogen-bond acceptors (Lipinski definition) is 1. The maximum absolute atomic E-state index is 3.74. The van der Waals surface area contributed by atoms with Crippen LogP contribution in [0.5, 0.6) is 0 Å². The fraction of sp³-hybridized carbons (Fsp3) is 1.00. The molecule has 2 unspecified atom stereocenters. The minimum atomic E-state index is 0.737. The Morgan fingerprint density at radius 1 is 0.867 bits per heavy atom. The lowest BCUT2D eigenvalue weighted by Gasteiger charge is -2.23. The first-order valence-corrected chi connectivity index (χ1v) is 6.91. The van der Waals surface area contributed by atoms with Crippen molar-refractivity contribution in [2.75, 3.05) is 6.54 Å². The zero-order valence-corrected chi connectivity index (χ0v) is 11.5. The van der Waals surface area contributed by atoms with E-state index in [1.165, 1.54) is 38.6 Å². The molecule has 0 spiro atoms. The molecule has 1 nitrogen and oxygen atoms in total. The van der Waals surface area contributed by atoms with Crippen LogP contribution in [-0.2, 0) is 0 Å². The van der Waals surface area contributed by atoms with Crippen LogP contribution >= 0.6 is 0 Å². The number of hydrogen-bond donors (Lipinski definition) is 1. The van der Waals surface area contributed by atoms with Crippen molar-refractivity contribution in [3.63, 3.8) is 0 Å². The van der Waals surface area contributed by atoms with E-state index in [1.54, 1.807) is 0 Å². The molecule has 0 saturated heterocycles. The van der Waals surface area contributed by atoms with Crippen molar-refractivity contribution >= 4 is 0 Å². The van der Waals surface area contributed by atoms with E-state index < -0.39 is 0 Å². The molecule has 0 aromatic heterocycles. The summed E-state index contributed by atoms with van der Waals surface area (Å²) in [5.41, 5.74) is 0. The van der Waals surface area contributed by atoms with E-state index in [-0.39, 0.29) is 0 Å². The summed E-state index contributed by atoms with van der Waals surface area (Å²) in [5, 5.41) is 3.74. The first-order valence-electron chi connectivity index (χ1n) is 6.91. The van der Waals surface area contributed by atoms with Gasteiger partial charge in [0.15, 0.2) is 0 Å². The Morgan fingerprint density at radius 3 is 1.87 bits per heavy atom. The van der Waals surface area contributed by atoms with Gasteiger partial charge in [0.05, 0.1) is 0 Å². The van der Waals surface area contributed by atoms with E-state index in [9.17, 15) is 0 Å². The topological polar surface area (TPSA) is 12.0 Å². The van der Waals surface area contributed by atoms with Gasteiger partial charge in [-0.15, -0.1) is 0 Å². The highest BCUT2D eigenvalue weighted by Crippen LogP contribution is 2.13. The Labute approximate surface area is 97.0 Å². The van der Waals surface area contributed by atoms with Crippen LogP contribution in [-0.4, -0.2) is 12.6 Å². The number of nitrogens with one attached hydrogen (secondary N) is 1. The molecule has 0 aliphatic carbocycles. The molecule has 0 rings (SSSR count). The van der Waals surface area contributed by atoms with Crippen LogP contribution in [0.3, 0.4) is 0 Å². The molecule has 1 heteroatoms. The molecular weight excluding hydrogens is 182 g/mol. The molecule has 1 N–H and O–H groups in total. The van der Waals surface area contributed by atoms with Gasteiger partial charge in [-0.05, 0) is 31.2 Å². The molecule has 0 aromatic rings. The fourth-order valence-corrected chi connectivity index (χ4v) is 1.96. The Bertz CT molecular complexity index is 129. The van der Waals surface area contributed by atoms with E-state index in [1.807, 2.05) is 0 Å². The SMILES string of the molecule is CCC(C)CC(CC)NCC(CC)CC. The first kappa shape index (κ1) is 15.0. The summed E-state index contributed by atoms with van der Waals surface area (Å²) in [5.74, 6) is 1.74. The van der Waals surface area contributed by atoms with Crippen molar-refractivity contribution in [1.82, 2.24) is 5.32 Å². The highest BCUT2D eigenvalue weighted by atomic mass is 14.9. The predicted octanol–water partition coefficient (Wildman–Crippen LogP) is 4.23. The third-order valence-electron chi connectivity index (χ3n) is 3.73. The lowest BCUT2D eigenvalue weighted by atomic mass is 9.96. The van der Waals surface area contributed by atoms with Gasteiger partial charge >= 0.3 is 0 Å². The molecule has 0 aliphatic heterocycles. The molecule has 15 heavy (non-hydrogen) atoms. The quantitative estimate of drug-likeness (QED) is 0.604. The second-order valence-electron chi connectivity index (χ2n) is 4.95. The lowest BCUT2D eigenvalue weighted by molar-refractivity contribution is 0.349. The van der Waals surface area contributed by atoms with Crippen LogP contribution in [0.25, 0.3) is 0 Å². The van der Waals surface area contributed by atoms with Gasteiger partial charge in [0, 0.05) is 6.04 Å². The van der Waals surface area contributed by atoms with Crippen molar-refractivity contribution in [1.29, 1.82) is 0 Å². The van der Waals surface area contributed by atoms with Crippen molar-refractivity contribution < 1.29 is 0 Å². The highest BCUT2D eigenvalue weighted by Gasteiger charge is 2.11. The molecule has 0 bridgehead atoms. The fourth-order valence-electron chi connectivity index (χ4n) is 1.96. The maximum atomic E-state index is 3.74. The summed E-state index contributed by atoms with van der Waals surface area (Å²) < 4.78 is 0. The maximum Gasteiger partial charge on any atom is 0.00670 e. The third kappa shape index (κ3) is 6.94. The normalized spacial score (nSPS) is 15.6. The van der Waals surface area contributed by atoms with Gasteiger partial charge in [-0.25, -0.2) is 0 Å². The Morgan fingerprint density at radius 2 is 1.47 bits per heavy atom. The van der Waals surface area contributed by atoms with Crippen LogP contribution in [0, 0.1) is 11.8 Å². The minimum absolute atomic E-state index is 0.737. The van der Waals surface area contributed by atoms with E-state index >= 15 is 0 Å². The van der Waals surface area contributed by atoms with Gasteiger partial charge in [-0.2, -0.15) is 0 Å².